The van der Waals surface area contributed by atoms with Gasteiger partial charge in [0.1, 0.15) is 0 Å². The van der Waals surface area contributed by atoms with E-state index in [1.807, 2.05) is 30.3 Å². The van der Waals surface area contributed by atoms with E-state index in [0.717, 1.165) is 5.56 Å². The average Bonchev–Trinajstić information content (AvgIpc) is 2.18. The summed E-state index contributed by atoms with van der Waals surface area (Å²) in [6.45, 7) is 0.302. The fraction of sp³-hybridized carbons (Fsp3) is 0.182. The molecule has 0 saturated heterocycles. The van der Waals surface area contributed by atoms with Crippen molar-refractivity contribution in [3.63, 3.8) is 0 Å². The maximum atomic E-state index is 10.5. The van der Waals surface area contributed by atoms with Crippen molar-refractivity contribution in [2.75, 3.05) is 13.7 Å². The van der Waals surface area contributed by atoms with Gasteiger partial charge >= 0.3 is 5.97 Å². The van der Waals surface area contributed by atoms with Crippen molar-refractivity contribution in [1.29, 1.82) is 0 Å². The number of carboxylic acid groups (broad SMARTS) is 1. The summed E-state index contributed by atoms with van der Waals surface area (Å²) in [6, 6.07) is 9.32. The molecule has 14 heavy (non-hydrogen) atoms. The topological polar surface area (TPSA) is 46.5 Å². The molecule has 1 rings (SSSR count). The molecular weight excluding hydrogens is 180 g/mol. The van der Waals surface area contributed by atoms with Gasteiger partial charge < -0.3 is 9.84 Å². The average molecular weight is 192 g/mol. The Morgan fingerprint density at radius 2 is 2.07 bits per heavy atom. The van der Waals surface area contributed by atoms with Crippen LogP contribution in [-0.2, 0) is 9.53 Å². The van der Waals surface area contributed by atoms with Crippen LogP contribution in [-0.4, -0.2) is 24.8 Å². The SMILES string of the molecule is COC/C(=C/C(=O)O)c1ccccc1. The largest absolute Gasteiger partial charge is 0.478 e. The molecule has 0 saturated carbocycles. The van der Waals surface area contributed by atoms with Gasteiger partial charge in [0.2, 0.25) is 0 Å². The minimum atomic E-state index is -0.957. The van der Waals surface area contributed by atoms with E-state index in [1.165, 1.54) is 6.08 Å². The summed E-state index contributed by atoms with van der Waals surface area (Å²) in [5.74, 6) is -0.957. The van der Waals surface area contributed by atoms with Gasteiger partial charge in [0.05, 0.1) is 6.61 Å². The van der Waals surface area contributed by atoms with Crippen LogP contribution >= 0.6 is 0 Å². The smallest absolute Gasteiger partial charge is 0.328 e. The first-order valence-corrected chi connectivity index (χ1v) is 4.22. The highest BCUT2D eigenvalue weighted by Crippen LogP contribution is 2.13. The zero-order valence-electron chi connectivity index (χ0n) is 7.93. The number of methoxy groups -OCH3 is 1. The van der Waals surface area contributed by atoms with E-state index < -0.39 is 5.97 Å². The van der Waals surface area contributed by atoms with Crippen LogP contribution in [0.3, 0.4) is 0 Å². The lowest BCUT2D eigenvalue weighted by molar-refractivity contribution is -0.131. The van der Waals surface area contributed by atoms with Crippen LogP contribution in [0.5, 0.6) is 0 Å². The number of hydrogen-bond donors (Lipinski definition) is 1. The summed E-state index contributed by atoms with van der Waals surface area (Å²) in [7, 11) is 1.54. The molecule has 1 aromatic carbocycles. The summed E-state index contributed by atoms with van der Waals surface area (Å²) in [5.41, 5.74) is 1.54. The molecular formula is C11H12O3. The van der Waals surface area contributed by atoms with E-state index >= 15 is 0 Å². The minimum absolute atomic E-state index is 0.302. The van der Waals surface area contributed by atoms with Crippen LogP contribution in [0.2, 0.25) is 0 Å². The first-order valence-electron chi connectivity index (χ1n) is 4.22. The molecule has 0 fully saturated rings. The Balaban J connectivity index is 2.94. The molecule has 0 radical (unpaired) electrons. The van der Waals surface area contributed by atoms with E-state index in [0.29, 0.717) is 12.2 Å². The van der Waals surface area contributed by atoms with E-state index in [2.05, 4.69) is 0 Å². The lowest BCUT2D eigenvalue weighted by Gasteiger charge is -2.04. The number of benzene rings is 1. The Labute approximate surface area is 82.6 Å². The zero-order chi connectivity index (χ0) is 10.4. The van der Waals surface area contributed by atoms with E-state index in [4.69, 9.17) is 9.84 Å². The summed E-state index contributed by atoms with van der Waals surface area (Å²) in [5, 5.41) is 8.64. The fourth-order valence-corrected chi connectivity index (χ4v) is 1.17. The van der Waals surface area contributed by atoms with Crippen molar-refractivity contribution in [2.24, 2.45) is 0 Å². The Hall–Kier alpha value is -1.61. The number of hydrogen-bond acceptors (Lipinski definition) is 2. The number of ether oxygens (including phenoxy) is 1. The third kappa shape index (κ3) is 3.03. The van der Waals surface area contributed by atoms with Gasteiger partial charge in [-0.3, -0.25) is 0 Å². The Morgan fingerprint density at radius 1 is 1.43 bits per heavy atom. The molecule has 0 aliphatic heterocycles. The quantitative estimate of drug-likeness (QED) is 0.740. The minimum Gasteiger partial charge on any atom is -0.478 e. The summed E-state index contributed by atoms with van der Waals surface area (Å²) in [6.07, 6.45) is 1.17. The Kier molecular flexibility index (Phi) is 3.88. The van der Waals surface area contributed by atoms with Gasteiger partial charge in [0.25, 0.3) is 0 Å². The van der Waals surface area contributed by atoms with Gasteiger partial charge in [-0.25, -0.2) is 4.79 Å². The van der Waals surface area contributed by atoms with Crippen molar-refractivity contribution in [1.82, 2.24) is 0 Å². The molecule has 0 heterocycles. The molecule has 0 spiro atoms. The van der Waals surface area contributed by atoms with E-state index in [9.17, 15) is 4.79 Å². The Bertz CT molecular complexity index is 328. The number of rotatable bonds is 4. The molecule has 3 nitrogen and oxygen atoms in total. The molecule has 0 atom stereocenters. The molecule has 0 bridgehead atoms. The number of aliphatic carboxylic acids is 1. The highest BCUT2D eigenvalue weighted by atomic mass is 16.5. The predicted octanol–water partition coefficient (Wildman–Crippen LogP) is 1.80. The first-order chi connectivity index (χ1) is 6.74. The Morgan fingerprint density at radius 3 is 2.57 bits per heavy atom. The lowest BCUT2D eigenvalue weighted by atomic mass is 10.1. The molecule has 0 aliphatic rings. The molecule has 3 heteroatoms. The normalized spacial score (nSPS) is 11.4. The lowest BCUT2D eigenvalue weighted by Crippen LogP contribution is -1.98. The molecule has 0 aliphatic carbocycles. The number of carbonyl (C=O) groups is 1. The van der Waals surface area contributed by atoms with Crippen LogP contribution in [0.1, 0.15) is 5.56 Å². The van der Waals surface area contributed by atoms with Crippen molar-refractivity contribution < 1.29 is 14.6 Å². The second kappa shape index (κ2) is 5.19. The van der Waals surface area contributed by atoms with Crippen molar-refractivity contribution in [3.8, 4) is 0 Å². The van der Waals surface area contributed by atoms with Gasteiger partial charge in [0, 0.05) is 13.2 Å². The van der Waals surface area contributed by atoms with E-state index in [-0.39, 0.29) is 0 Å². The highest BCUT2D eigenvalue weighted by molar-refractivity contribution is 5.90. The molecule has 0 unspecified atom stereocenters. The molecule has 0 amide bonds. The summed E-state index contributed by atoms with van der Waals surface area (Å²) >= 11 is 0. The van der Waals surface area contributed by atoms with Crippen LogP contribution in [0.15, 0.2) is 36.4 Å². The maximum absolute atomic E-state index is 10.5. The summed E-state index contributed by atoms with van der Waals surface area (Å²) in [4.78, 5) is 10.5. The van der Waals surface area contributed by atoms with Crippen LogP contribution in [0.25, 0.3) is 5.57 Å². The monoisotopic (exact) mass is 192 g/mol. The summed E-state index contributed by atoms with van der Waals surface area (Å²) < 4.78 is 4.93. The predicted molar refractivity (Wildman–Crippen MR) is 53.9 cm³/mol. The highest BCUT2D eigenvalue weighted by Gasteiger charge is 2.02. The molecule has 0 aromatic heterocycles. The number of carboxylic acids is 1. The second-order valence-corrected chi connectivity index (χ2v) is 2.81. The third-order valence-electron chi connectivity index (χ3n) is 1.74. The second-order valence-electron chi connectivity index (χ2n) is 2.81. The van der Waals surface area contributed by atoms with Gasteiger partial charge in [-0.15, -0.1) is 0 Å². The van der Waals surface area contributed by atoms with Gasteiger partial charge in [-0.05, 0) is 11.1 Å². The van der Waals surface area contributed by atoms with Crippen molar-refractivity contribution >= 4 is 11.5 Å². The molecule has 74 valence electrons. The van der Waals surface area contributed by atoms with Crippen molar-refractivity contribution in [3.05, 3.63) is 42.0 Å². The first kappa shape index (κ1) is 10.5. The van der Waals surface area contributed by atoms with Gasteiger partial charge in [-0.2, -0.15) is 0 Å². The molecule has 1 N–H and O–H groups in total. The standard InChI is InChI=1S/C11H12O3/c1-14-8-10(7-11(12)13)9-5-3-2-4-6-9/h2-7H,8H2,1H3,(H,12,13)/b10-7-. The van der Waals surface area contributed by atoms with Crippen LogP contribution in [0.4, 0.5) is 0 Å². The van der Waals surface area contributed by atoms with Crippen LogP contribution in [0, 0.1) is 0 Å². The third-order valence-corrected chi connectivity index (χ3v) is 1.74. The maximum Gasteiger partial charge on any atom is 0.328 e. The van der Waals surface area contributed by atoms with E-state index in [1.54, 1.807) is 7.11 Å². The van der Waals surface area contributed by atoms with Gasteiger partial charge in [0.15, 0.2) is 0 Å². The van der Waals surface area contributed by atoms with Crippen LogP contribution < -0.4 is 0 Å². The van der Waals surface area contributed by atoms with Crippen molar-refractivity contribution in [2.45, 2.75) is 0 Å². The van der Waals surface area contributed by atoms with Gasteiger partial charge in [-0.1, -0.05) is 30.3 Å². The molecule has 1 aromatic rings. The fourth-order valence-electron chi connectivity index (χ4n) is 1.17. The zero-order valence-corrected chi connectivity index (χ0v) is 7.93.